The minimum absolute atomic E-state index is 0.215. The summed E-state index contributed by atoms with van der Waals surface area (Å²) >= 11 is 1.17. The number of thiazole rings is 1. The SMILES string of the molecule is CC(=O)Nc1nc(CCc2ccccc2)c(C(=O)Nc2cccnc2)s1. The Morgan fingerprint density at radius 1 is 1.04 bits per heavy atom. The van der Waals surface area contributed by atoms with Crippen molar-refractivity contribution in [3.8, 4) is 0 Å². The number of pyridine rings is 1. The lowest BCUT2D eigenvalue weighted by Gasteiger charge is -2.05. The van der Waals surface area contributed by atoms with Gasteiger partial charge in [0, 0.05) is 13.1 Å². The molecule has 0 saturated carbocycles. The van der Waals surface area contributed by atoms with Gasteiger partial charge in [-0.1, -0.05) is 41.7 Å². The number of nitrogens with zero attached hydrogens (tertiary/aromatic N) is 2. The lowest BCUT2D eigenvalue weighted by atomic mass is 10.1. The first-order valence-electron chi connectivity index (χ1n) is 8.14. The Kier molecular flexibility index (Phi) is 5.70. The van der Waals surface area contributed by atoms with Gasteiger partial charge >= 0.3 is 0 Å². The third-order valence-electron chi connectivity index (χ3n) is 3.60. The molecule has 7 heteroatoms. The number of aromatic nitrogens is 2. The lowest BCUT2D eigenvalue weighted by molar-refractivity contribution is -0.114. The van der Waals surface area contributed by atoms with Gasteiger partial charge in [-0.3, -0.25) is 14.6 Å². The first-order valence-corrected chi connectivity index (χ1v) is 8.96. The predicted molar refractivity (Wildman–Crippen MR) is 102 cm³/mol. The fourth-order valence-corrected chi connectivity index (χ4v) is 3.39. The van der Waals surface area contributed by atoms with Crippen LogP contribution in [0.25, 0.3) is 0 Å². The summed E-state index contributed by atoms with van der Waals surface area (Å²) in [6.07, 6.45) is 4.59. The molecule has 0 aliphatic carbocycles. The van der Waals surface area contributed by atoms with Crippen LogP contribution in [0.2, 0.25) is 0 Å². The van der Waals surface area contributed by atoms with Crippen LogP contribution in [0, 0.1) is 0 Å². The summed E-state index contributed by atoms with van der Waals surface area (Å²) in [6, 6.07) is 13.5. The molecule has 0 unspecified atom stereocenters. The van der Waals surface area contributed by atoms with Crippen LogP contribution in [-0.2, 0) is 17.6 Å². The highest BCUT2D eigenvalue weighted by molar-refractivity contribution is 7.17. The molecule has 0 saturated heterocycles. The van der Waals surface area contributed by atoms with E-state index in [1.807, 2.05) is 30.3 Å². The Hall–Kier alpha value is -3.06. The van der Waals surface area contributed by atoms with E-state index in [9.17, 15) is 9.59 Å². The molecule has 0 aliphatic heterocycles. The van der Waals surface area contributed by atoms with Gasteiger partial charge < -0.3 is 10.6 Å². The summed E-state index contributed by atoms with van der Waals surface area (Å²) in [4.78, 5) is 32.9. The van der Waals surface area contributed by atoms with Crippen molar-refractivity contribution in [1.29, 1.82) is 0 Å². The normalized spacial score (nSPS) is 10.3. The van der Waals surface area contributed by atoms with E-state index >= 15 is 0 Å². The number of anilines is 2. The van der Waals surface area contributed by atoms with Crippen molar-refractivity contribution < 1.29 is 9.59 Å². The molecule has 0 aliphatic rings. The van der Waals surface area contributed by atoms with Crippen molar-refractivity contribution in [2.45, 2.75) is 19.8 Å². The first-order chi connectivity index (χ1) is 12.6. The Morgan fingerprint density at radius 3 is 2.54 bits per heavy atom. The monoisotopic (exact) mass is 366 g/mol. The maximum Gasteiger partial charge on any atom is 0.267 e. The highest BCUT2D eigenvalue weighted by Crippen LogP contribution is 2.25. The van der Waals surface area contributed by atoms with Crippen molar-refractivity contribution in [2.75, 3.05) is 10.6 Å². The number of aryl methyl sites for hydroxylation is 2. The number of hydrogen-bond acceptors (Lipinski definition) is 5. The Bertz CT molecular complexity index is 894. The molecule has 6 nitrogen and oxygen atoms in total. The van der Waals surface area contributed by atoms with E-state index < -0.39 is 0 Å². The molecule has 132 valence electrons. The molecule has 3 rings (SSSR count). The van der Waals surface area contributed by atoms with Crippen molar-refractivity contribution >= 4 is 34.0 Å². The number of nitrogens with one attached hydrogen (secondary N) is 2. The molecule has 2 N–H and O–H groups in total. The number of carbonyl (C=O) groups excluding carboxylic acids is 2. The molecular weight excluding hydrogens is 348 g/mol. The van der Waals surface area contributed by atoms with Crippen LogP contribution < -0.4 is 10.6 Å². The average molecular weight is 366 g/mol. The van der Waals surface area contributed by atoms with Gasteiger partial charge in [0.25, 0.3) is 5.91 Å². The maximum atomic E-state index is 12.7. The van der Waals surface area contributed by atoms with E-state index in [1.165, 1.54) is 23.8 Å². The zero-order valence-corrected chi connectivity index (χ0v) is 15.0. The minimum atomic E-state index is -0.254. The van der Waals surface area contributed by atoms with Gasteiger partial charge in [-0.25, -0.2) is 4.98 Å². The number of amides is 2. The summed E-state index contributed by atoms with van der Waals surface area (Å²) in [6.45, 7) is 1.42. The zero-order chi connectivity index (χ0) is 18.4. The summed E-state index contributed by atoms with van der Waals surface area (Å²) in [7, 11) is 0. The topological polar surface area (TPSA) is 84.0 Å². The van der Waals surface area contributed by atoms with Gasteiger partial charge in [0.15, 0.2) is 5.13 Å². The summed E-state index contributed by atoms with van der Waals surface area (Å²) < 4.78 is 0. The second-order valence-electron chi connectivity index (χ2n) is 5.66. The summed E-state index contributed by atoms with van der Waals surface area (Å²) in [5.41, 5.74) is 2.45. The van der Waals surface area contributed by atoms with E-state index in [4.69, 9.17) is 0 Å². The molecule has 3 aromatic rings. The van der Waals surface area contributed by atoms with Gasteiger partial charge in [-0.15, -0.1) is 0 Å². The van der Waals surface area contributed by atoms with Crippen LogP contribution >= 0.6 is 11.3 Å². The number of hydrogen-bond donors (Lipinski definition) is 2. The second kappa shape index (κ2) is 8.35. The molecule has 1 aromatic carbocycles. The van der Waals surface area contributed by atoms with Crippen molar-refractivity contribution in [1.82, 2.24) is 9.97 Å². The zero-order valence-electron chi connectivity index (χ0n) is 14.2. The maximum absolute atomic E-state index is 12.7. The standard InChI is InChI=1S/C19H18N4O2S/c1-13(24)21-19-23-16(10-9-14-6-3-2-4-7-14)17(26-19)18(25)22-15-8-5-11-20-12-15/h2-8,11-12H,9-10H2,1H3,(H,22,25)(H,21,23,24). The van der Waals surface area contributed by atoms with Crippen molar-refractivity contribution in [2.24, 2.45) is 0 Å². The Balaban J connectivity index is 1.80. The molecule has 2 aromatic heterocycles. The molecule has 0 bridgehead atoms. The van der Waals surface area contributed by atoms with E-state index in [2.05, 4.69) is 20.6 Å². The second-order valence-corrected chi connectivity index (χ2v) is 6.66. The minimum Gasteiger partial charge on any atom is -0.320 e. The van der Waals surface area contributed by atoms with E-state index in [1.54, 1.807) is 24.5 Å². The fourth-order valence-electron chi connectivity index (χ4n) is 2.43. The molecule has 0 fully saturated rings. The molecular formula is C19H18N4O2S. The number of rotatable bonds is 6. The average Bonchev–Trinajstić information content (AvgIpc) is 3.04. The smallest absolute Gasteiger partial charge is 0.267 e. The Morgan fingerprint density at radius 2 is 1.85 bits per heavy atom. The third-order valence-corrected chi connectivity index (χ3v) is 4.61. The van der Waals surface area contributed by atoms with Crippen molar-refractivity contribution in [3.63, 3.8) is 0 Å². The van der Waals surface area contributed by atoms with Crippen LogP contribution in [-0.4, -0.2) is 21.8 Å². The fraction of sp³-hybridized carbons (Fsp3) is 0.158. The number of benzene rings is 1. The largest absolute Gasteiger partial charge is 0.320 e. The summed E-state index contributed by atoms with van der Waals surface area (Å²) in [5, 5.41) is 5.91. The molecule has 0 radical (unpaired) electrons. The molecule has 2 amide bonds. The van der Waals surface area contributed by atoms with E-state index in [0.717, 1.165) is 6.42 Å². The van der Waals surface area contributed by atoms with Gasteiger partial charge in [0.2, 0.25) is 5.91 Å². The van der Waals surface area contributed by atoms with Gasteiger partial charge in [0.1, 0.15) is 4.88 Å². The van der Waals surface area contributed by atoms with Crippen LogP contribution in [0.15, 0.2) is 54.9 Å². The highest BCUT2D eigenvalue weighted by atomic mass is 32.1. The van der Waals surface area contributed by atoms with Gasteiger partial charge in [-0.2, -0.15) is 0 Å². The third kappa shape index (κ3) is 4.73. The van der Waals surface area contributed by atoms with Crippen LogP contribution in [0.3, 0.4) is 0 Å². The van der Waals surface area contributed by atoms with Crippen LogP contribution in [0.5, 0.6) is 0 Å². The van der Waals surface area contributed by atoms with Gasteiger partial charge in [0.05, 0.1) is 17.6 Å². The predicted octanol–water partition coefficient (Wildman–Crippen LogP) is 3.53. The highest BCUT2D eigenvalue weighted by Gasteiger charge is 2.19. The molecule has 0 spiro atoms. The van der Waals surface area contributed by atoms with Crippen LogP contribution in [0.1, 0.15) is 27.9 Å². The van der Waals surface area contributed by atoms with Crippen molar-refractivity contribution in [3.05, 3.63) is 71.0 Å². The molecule has 26 heavy (non-hydrogen) atoms. The molecule has 0 atom stereocenters. The van der Waals surface area contributed by atoms with E-state index in [0.29, 0.717) is 27.8 Å². The van der Waals surface area contributed by atoms with Crippen LogP contribution in [0.4, 0.5) is 10.8 Å². The van der Waals surface area contributed by atoms with E-state index in [-0.39, 0.29) is 11.8 Å². The van der Waals surface area contributed by atoms with Gasteiger partial charge in [-0.05, 0) is 30.5 Å². The first kappa shape index (κ1) is 17.8. The number of carbonyl (C=O) groups is 2. The summed E-state index contributed by atoms with van der Waals surface area (Å²) in [5.74, 6) is -0.470. The Labute approximate surface area is 155 Å². The quantitative estimate of drug-likeness (QED) is 0.699. The molecule has 2 heterocycles. The lowest BCUT2D eigenvalue weighted by Crippen LogP contribution is -2.13.